The summed E-state index contributed by atoms with van der Waals surface area (Å²) >= 11 is 0. The van der Waals surface area contributed by atoms with Crippen LogP contribution in [0.2, 0.25) is 0 Å². The Morgan fingerprint density at radius 3 is 2.73 bits per heavy atom. The van der Waals surface area contributed by atoms with E-state index in [1.807, 2.05) is 12.1 Å². The molecule has 4 nitrogen and oxygen atoms in total. The monoisotopic (exact) mass is 208 g/mol. The first-order valence-corrected chi connectivity index (χ1v) is 5.15. The van der Waals surface area contributed by atoms with Crippen molar-refractivity contribution < 1.29 is 9.47 Å². The van der Waals surface area contributed by atoms with E-state index in [1.54, 1.807) is 7.11 Å². The predicted molar refractivity (Wildman–Crippen MR) is 58.6 cm³/mol. The van der Waals surface area contributed by atoms with Crippen LogP contribution in [0.15, 0.2) is 12.1 Å². The molecule has 82 valence electrons. The van der Waals surface area contributed by atoms with E-state index in [0.717, 1.165) is 32.1 Å². The minimum atomic E-state index is 0.669. The van der Waals surface area contributed by atoms with Gasteiger partial charge < -0.3 is 14.4 Å². The lowest BCUT2D eigenvalue weighted by Gasteiger charge is -2.29. The van der Waals surface area contributed by atoms with Crippen molar-refractivity contribution in [2.24, 2.45) is 0 Å². The van der Waals surface area contributed by atoms with Crippen LogP contribution < -0.4 is 9.64 Å². The van der Waals surface area contributed by atoms with Crippen LogP contribution in [0.1, 0.15) is 5.56 Å². The van der Waals surface area contributed by atoms with Gasteiger partial charge in [0.25, 0.3) is 0 Å². The summed E-state index contributed by atoms with van der Waals surface area (Å²) in [6.07, 6.45) is 0. The maximum atomic E-state index is 5.32. The number of hydrogen-bond donors (Lipinski definition) is 0. The highest BCUT2D eigenvalue weighted by atomic mass is 16.5. The number of ether oxygens (including phenoxy) is 2. The van der Waals surface area contributed by atoms with E-state index in [0.29, 0.717) is 5.88 Å². The Morgan fingerprint density at radius 2 is 2.07 bits per heavy atom. The van der Waals surface area contributed by atoms with Crippen molar-refractivity contribution in [2.75, 3.05) is 38.3 Å². The zero-order chi connectivity index (χ0) is 10.7. The molecule has 1 aliphatic rings. The van der Waals surface area contributed by atoms with Crippen LogP contribution in [-0.4, -0.2) is 38.4 Å². The van der Waals surface area contributed by atoms with Gasteiger partial charge >= 0.3 is 0 Å². The Balaban J connectivity index is 2.24. The molecule has 0 spiro atoms. The topological polar surface area (TPSA) is 34.6 Å². The maximum Gasteiger partial charge on any atom is 0.214 e. The Bertz CT molecular complexity index is 335. The van der Waals surface area contributed by atoms with E-state index in [-0.39, 0.29) is 0 Å². The minimum Gasteiger partial charge on any atom is -0.481 e. The number of anilines is 1. The minimum absolute atomic E-state index is 0.669. The van der Waals surface area contributed by atoms with E-state index in [2.05, 4.69) is 16.8 Å². The lowest BCUT2D eigenvalue weighted by Crippen LogP contribution is -2.37. The number of morpholine rings is 1. The molecule has 0 aliphatic carbocycles. The second-order valence-corrected chi connectivity index (χ2v) is 3.59. The fraction of sp³-hybridized carbons (Fsp3) is 0.545. The van der Waals surface area contributed by atoms with Crippen molar-refractivity contribution in [3.63, 3.8) is 0 Å². The molecule has 0 saturated carbocycles. The second kappa shape index (κ2) is 4.49. The van der Waals surface area contributed by atoms with Gasteiger partial charge in [-0.05, 0) is 12.5 Å². The maximum absolute atomic E-state index is 5.32. The average molecular weight is 208 g/mol. The van der Waals surface area contributed by atoms with Crippen molar-refractivity contribution in [3.8, 4) is 5.88 Å². The molecule has 15 heavy (non-hydrogen) atoms. The first-order chi connectivity index (χ1) is 7.31. The lowest BCUT2D eigenvalue weighted by molar-refractivity contribution is 0.122. The summed E-state index contributed by atoms with van der Waals surface area (Å²) in [7, 11) is 1.64. The Kier molecular flexibility index (Phi) is 3.06. The van der Waals surface area contributed by atoms with E-state index in [9.17, 15) is 0 Å². The smallest absolute Gasteiger partial charge is 0.214 e. The standard InChI is InChI=1S/C11H16N2O2/c1-9-3-4-10(14-2)12-11(9)13-5-7-15-8-6-13/h3-4H,5-8H2,1-2H3. The van der Waals surface area contributed by atoms with Crippen molar-refractivity contribution in [1.29, 1.82) is 0 Å². The fourth-order valence-corrected chi connectivity index (χ4v) is 1.71. The molecule has 2 rings (SSSR count). The summed E-state index contributed by atoms with van der Waals surface area (Å²) in [5.74, 6) is 1.68. The Labute approximate surface area is 89.8 Å². The first kappa shape index (κ1) is 10.2. The van der Waals surface area contributed by atoms with Crippen molar-refractivity contribution in [2.45, 2.75) is 6.92 Å². The second-order valence-electron chi connectivity index (χ2n) is 3.59. The number of aromatic nitrogens is 1. The highest BCUT2D eigenvalue weighted by Gasteiger charge is 2.15. The summed E-state index contributed by atoms with van der Waals surface area (Å²) in [6, 6.07) is 3.93. The van der Waals surface area contributed by atoms with Gasteiger partial charge in [-0.15, -0.1) is 0 Å². The molecular weight excluding hydrogens is 192 g/mol. The van der Waals surface area contributed by atoms with E-state index >= 15 is 0 Å². The van der Waals surface area contributed by atoms with Crippen LogP contribution in [0.25, 0.3) is 0 Å². The van der Waals surface area contributed by atoms with Gasteiger partial charge in [-0.25, -0.2) is 0 Å². The normalized spacial score (nSPS) is 16.5. The third-order valence-electron chi connectivity index (χ3n) is 2.56. The highest BCUT2D eigenvalue weighted by molar-refractivity contribution is 5.48. The molecule has 0 radical (unpaired) electrons. The quantitative estimate of drug-likeness (QED) is 0.732. The van der Waals surface area contributed by atoms with Crippen molar-refractivity contribution in [1.82, 2.24) is 4.98 Å². The van der Waals surface area contributed by atoms with Gasteiger partial charge in [-0.1, -0.05) is 6.07 Å². The van der Waals surface area contributed by atoms with Crippen LogP contribution in [0.3, 0.4) is 0 Å². The van der Waals surface area contributed by atoms with Gasteiger partial charge in [0.2, 0.25) is 5.88 Å². The molecule has 0 atom stereocenters. The third kappa shape index (κ3) is 2.21. The van der Waals surface area contributed by atoms with Gasteiger partial charge in [0.15, 0.2) is 0 Å². The van der Waals surface area contributed by atoms with Crippen LogP contribution in [-0.2, 0) is 4.74 Å². The molecule has 2 heterocycles. The molecule has 0 bridgehead atoms. The molecule has 1 aromatic heterocycles. The molecule has 0 amide bonds. The van der Waals surface area contributed by atoms with Crippen molar-refractivity contribution >= 4 is 5.82 Å². The Morgan fingerprint density at radius 1 is 1.33 bits per heavy atom. The third-order valence-corrected chi connectivity index (χ3v) is 2.56. The molecule has 1 aliphatic heterocycles. The van der Waals surface area contributed by atoms with E-state index < -0.39 is 0 Å². The fourth-order valence-electron chi connectivity index (χ4n) is 1.71. The largest absolute Gasteiger partial charge is 0.481 e. The summed E-state index contributed by atoms with van der Waals surface area (Å²) in [5, 5.41) is 0. The number of pyridine rings is 1. The summed E-state index contributed by atoms with van der Waals surface area (Å²) < 4.78 is 10.4. The highest BCUT2D eigenvalue weighted by Crippen LogP contribution is 2.21. The summed E-state index contributed by atoms with van der Waals surface area (Å²) in [4.78, 5) is 6.70. The van der Waals surface area contributed by atoms with Crippen molar-refractivity contribution in [3.05, 3.63) is 17.7 Å². The predicted octanol–water partition coefficient (Wildman–Crippen LogP) is 1.24. The Hall–Kier alpha value is -1.29. The molecule has 1 fully saturated rings. The number of aryl methyl sites for hydroxylation is 1. The van der Waals surface area contributed by atoms with Gasteiger partial charge in [0, 0.05) is 19.2 Å². The number of nitrogens with zero attached hydrogens (tertiary/aromatic N) is 2. The summed E-state index contributed by atoms with van der Waals surface area (Å²) in [6.45, 7) is 5.43. The van der Waals surface area contributed by atoms with Crippen LogP contribution >= 0.6 is 0 Å². The van der Waals surface area contributed by atoms with E-state index in [1.165, 1.54) is 5.56 Å². The molecule has 4 heteroatoms. The lowest BCUT2D eigenvalue weighted by atomic mass is 10.2. The number of rotatable bonds is 2. The van der Waals surface area contributed by atoms with Gasteiger partial charge in [0.05, 0.1) is 20.3 Å². The molecule has 0 unspecified atom stereocenters. The van der Waals surface area contributed by atoms with Crippen LogP contribution in [0.5, 0.6) is 5.88 Å². The number of hydrogen-bond acceptors (Lipinski definition) is 4. The van der Waals surface area contributed by atoms with Crippen LogP contribution in [0.4, 0.5) is 5.82 Å². The van der Waals surface area contributed by atoms with Crippen LogP contribution in [0, 0.1) is 6.92 Å². The van der Waals surface area contributed by atoms with Gasteiger partial charge in [0.1, 0.15) is 5.82 Å². The summed E-state index contributed by atoms with van der Waals surface area (Å²) in [5.41, 5.74) is 1.18. The SMILES string of the molecule is COc1ccc(C)c(N2CCOCC2)n1. The molecule has 1 saturated heterocycles. The molecule has 0 aromatic carbocycles. The molecule has 1 aromatic rings. The zero-order valence-electron chi connectivity index (χ0n) is 9.19. The first-order valence-electron chi connectivity index (χ1n) is 5.15. The molecule has 0 N–H and O–H groups in total. The average Bonchev–Trinajstić information content (AvgIpc) is 2.31. The van der Waals surface area contributed by atoms with Gasteiger partial charge in [-0.3, -0.25) is 0 Å². The molecular formula is C11H16N2O2. The van der Waals surface area contributed by atoms with Gasteiger partial charge in [-0.2, -0.15) is 4.98 Å². The van der Waals surface area contributed by atoms with E-state index in [4.69, 9.17) is 9.47 Å². The number of methoxy groups -OCH3 is 1. The zero-order valence-corrected chi connectivity index (χ0v) is 9.19.